The molecule has 3 aromatic rings. The molecule has 4 aliphatic carbocycles. The fraction of sp³-hybridized carbons (Fsp3) is 0.583. The average molecular weight is 984 g/mol. The summed E-state index contributed by atoms with van der Waals surface area (Å²) in [6.07, 6.45) is 9.82. The third-order valence-corrected chi connectivity index (χ3v) is 17.9. The first-order valence-electron chi connectivity index (χ1n) is 26.9. The maximum atomic E-state index is 15.6. The number of anilines is 1. The van der Waals surface area contributed by atoms with Gasteiger partial charge in [0.05, 0.1) is 30.7 Å². The first-order chi connectivity index (χ1) is 34.7. The Balaban J connectivity index is 1.19. The number of Topliss-reactive ketones (excluding diaryl/α,β-unsaturated/α-hetero) is 1. The van der Waals surface area contributed by atoms with Crippen LogP contribution >= 0.6 is 0 Å². The lowest BCUT2D eigenvalue weighted by Crippen LogP contribution is -2.65. The van der Waals surface area contributed by atoms with E-state index in [-0.39, 0.29) is 91.4 Å². The van der Waals surface area contributed by atoms with Crippen molar-refractivity contribution in [1.29, 1.82) is 0 Å². The molecule has 10 rings (SSSR count). The minimum atomic E-state index is -1.59. The monoisotopic (exact) mass is 984 g/mol. The van der Waals surface area contributed by atoms with Gasteiger partial charge in [-0.25, -0.2) is 4.79 Å². The van der Waals surface area contributed by atoms with Crippen LogP contribution in [0.25, 0.3) is 0 Å². The van der Waals surface area contributed by atoms with Gasteiger partial charge < -0.3 is 45.1 Å². The largest absolute Gasteiger partial charge is 0.507 e. The average Bonchev–Trinajstić information content (AvgIpc) is 3.37. The number of aliphatic hydroxyl groups is 4. The van der Waals surface area contributed by atoms with E-state index in [9.17, 15) is 35.1 Å². The molecule has 72 heavy (non-hydrogen) atoms. The number of esters is 2. The molecule has 3 heterocycles. The summed E-state index contributed by atoms with van der Waals surface area (Å²) in [5.41, 5.74) is 2.84. The van der Waals surface area contributed by atoms with Crippen molar-refractivity contribution < 1.29 is 54.1 Å². The number of methoxy groups -OCH3 is 1. The number of phenolic OH excluding ortho intramolecular Hbond substituents is 1. The maximum absolute atomic E-state index is 15.6. The number of benzene rings is 3. The van der Waals surface area contributed by atoms with Gasteiger partial charge in [-0.15, -0.1) is 0 Å². The van der Waals surface area contributed by atoms with E-state index in [1.54, 1.807) is 26.2 Å². The van der Waals surface area contributed by atoms with Gasteiger partial charge in [0.25, 0.3) is 0 Å². The molecule has 7 aliphatic rings. The summed E-state index contributed by atoms with van der Waals surface area (Å²) in [6, 6.07) is 15.4. The van der Waals surface area contributed by atoms with Crippen molar-refractivity contribution in [2.45, 2.75) is 170 Å². The standard InChI is InChI=1S/C60H73NO11/c1-59(68,19-20-70-2)34-61-45-23-37(33-62)22-42(27-45)39-15-16-40-32-54(65)72-57-47(40)30-43(56(66)55(57)38-11-4-3-5-12-38)31-53-60(69)50-14-7-6-13-41(50)29-48-49(52(64)18-17-51(48)60)25-36-10-8-9-35(21-36)24-46(63)28-44(26-39)58(67)71-53/h8-10,21-23,27-28,30,38-41,46,48-51,53,61-63,66,68-69H,3-7,11-14,17-20,24-26,29,31-34H2,1-2H3. The van der Waals surface area contributed by atoms with Gasteiger partial charge in [-0.1, -0.05) is 80.7 Å². The van der Waals surface area contributed by atoms with E-state index in [0.29, 0.717) is 71.5 Å². The summed E-state index contributed by atoms with van der Waals surface area (Å²) in [7, 11) is 1.58. The zero-order valence-corrected chi connectivity index (χ0v) is 42.0. The summed E-state index contributed by atoms with van der Waals surface area (Å²) in [6.45, 7) is 1.95. The molecule has 0 aromatic heterocycles. The van der Waals surface area contributed by atoms with Crippen LogP contribution < -0.4 is 10.1 Å². The zero-order valence-electron chi connectivity index (χ0n) is 42.0. The van der Waals surface area contributed by atoms with Crippen molar-refractivity contribution in [2.75, 3.05) is 25.6 Å². The van der Waals surface area contributed by atoms with Gasteiger partial charge in [-0.05, 0) is 134 Å². The normalized spacial score (nSPS) is 31.5. The first-order valence-corrected chi connectivity index (χ1v) is 26.9. The van der Waals surface area contributed by atoms with Crippen LogP contribution in [0.3, 0.4) is 0 Å². The third kappa shape index (κ3) is 10.3. The van der Waals surface area contributed by atoms with E-state index in [2.05, 4.69) is 23.2 Å². The number of aromatic hydroxyl groups is 1. The highest BCUT2D eigenvalue weighted by Crippen LogP contribution is 2.59. The third-order valence-electron chi connectivity index (χ3n) is 17.9. The molecule has 0 amide bonds. The maximum Gasteiger partial charge on any atom is 0.334 e. The van der Waals surface area contributed by atoms with Crippen LogP contribution in [-0.4, -0.2) is 86.9 Å². The summed E-state index contributed by atoms with van der Waals surface area (Å²) in [5, 5.41) is 64.2. The van der Waals surface area contributed by atoms with Gasteiger partial charge in [0, 0.05) is 80.2 Å². The number of phenols is 1. The van der Waals surface area contributed by atoms with E-state index < -0.39 is 47.2 Å². The van der Waals surface area contributed by atoms with Crippen LogP contribution in [0.2, 0.25) is 0 Å². The van der Waals surface area contributed by atoms with Crippen molar-refractivity contribution >= 4 is 23.4 Å². The number of carbonyl (C=O) groups excluding carboxylic acids is 3. The van der Waals surface area contributed by atoms with Crippen LogP contribution in [0.1, 0.15) is 160 Å². The summed E-state index contributed by atoms with van der Waals surface area (Å²) in [4.78, 5) is 43.7. The van der Waals surface area contributed by atoms with E-state index in [1.807, 2.05) is 36.4 Å². The van der Waals surface area contributed by atoms with Crippen molar-refractivity contribution in [2.24, 2.45) is 29.6 Å². The van der Waals surface area contributed by atoms with Gasteiger partial charge in [0.15, 0.2) is 0 Å². The molecule has 11 atom stereocenters. The minimum Gasteiger partial charge on any atom is -0.507 e. The number of ether oxygens (including phenoxy) is 3. The molecule has 384 valence electrons. The van der Waals surface area contributed by atoms with E-state index in [0.717, 1.165) is 75.3 Å². The van der Waals surface area contributed by atoms with Gasteiger partial charge in [0.2, 0.25) is 0 Å². The molecule has 12 heteroatoms. The van der Waals surface area contributed by atoms with Crippen molar-refractivity contribution in [3.63, 3.8) is 0 Å². The Bertz CT molecular complexity index is 2640. The minimum absolute atomic E-state index is 0.0119. The second kappa shape index (κ2) is 21.1. The molecule has 0 saturated heterocycles. The predicted octanol–water partition coefficient (Wildman–Crippen LogP) is 8.41. The molecule has 3 aliphatic heterocycles. The molecule has 4 fully saturated rings. The fourth-order valence-electron chi connectivity index (χ4n) is 14.3. The van der Waals surface area contributed by atoms with Gasteiger partial charge in [-0.3, -0.25) is 9.59 Å². The topological polar surface area (TPSA) is 192 Å². The number of carbonyl (C=O) groups is 3. The number of fused-ring (bicyclic) bond motifs is 9. The summed E-state index contributed by atoms with van der Waals surface area (Å²) < 4.78 is 18.4. The smallest absolute Gasteiger partial charge is 0.334 e. The van der Waals surface area contributed by atoms with Crippen LogP contribution in [-0.2, 0) is 49.7 Å². The van der Waals surface area contributed by atoms with Crippen LogP contribution in [0.15, 0.2) is 60.2 Å². The zero-order chi connectivity index (χ0) is 50.3. The van der Waals surface area contributed by atoms with Crippen molar-refractivity contribution in [3.8, 4) is 23.3 Å². The highest BCUT2D eigenvalue weighted by molar-refractivity contribution is 5.89. The number of hydrogen-bond acceptors (Lipinski definition) is 12. The lowest BCUT2D eigenvalue weighted by atomic mass is 9.48. The molecule has 11 unspecified atom stereocenters. The Morgan fingerprint density at radius 2 is 1.64 bits per heavy atom. The SMILES string of the molecule is COCCC(C)(O)CNc1cc(CO)cc(C2C#CC3CC(=O)Oc4c3cc(c(O)c4C3CCCCC3)CC3OC(=O)C(=CC(O)Cc4cccc(c4)CC4C(=O)CCC5C4CC4CCCCC4C35O)C2)c1. The quantitative estimate of drug-likeness (QED) is 0.0683. The van der Waals surface area contributed by atoms with Crippen LogP contribution in [0, 0.1) is 41.4 Å². The van der Waals surface area contributed by atoms with Crippen molar-refractivity contribution in [1.82, 2.24) is 0 Å². The van der Waals surface area contributed by atoms with Crippen LogP contribution in [0.4, 0.5) is 5.69 Å². The number of rotatable bonds is 9. The summed E-state index contributed by atoms with van der Waals surface area (Å²) >= 11 is 0. The Labute approximate surface area is 423 Å². The Morgan fingerprint density at radius 1 is 0.875 bits per heavy atom. The molecule has 12 nitrogen and oxygen atoms in total. The molecular formula is C60H73NO11. The van der Waals surface area contributed by atoms with Gasteiger partial charge in [-0.2, -0.15) is 0 Å². The fourth-order valence-corrected chi connectivity index (χ4v) is 14.3. The van der Waals surface area contributed by atoms with Crippen molar-refractivity contribution in [3.05, 3.63) is 99.1 Å². The number of aliphatic hydroxyl groups excluding tert-OH is 2. The summed E-state index contributed by atoms with van der Waals surface area (Å²) in [5.74, 6) is 3.75. The van der Waals surface area contributed by atoms with Crippen LogP contribution in [0.5, 0.6) is 11.5 Å². The number of hydrogen-bond donors (Lipinski definition) is 6. The Hall–Kier alpha value is -5.03. The molecule has 4 saturated carbocycles. The molecular weight excluding hydrogens is 911 g/mol. The number of ketones is 1. The lowest BCUT2D eigenvalue weighted by molar-refractivity contribution is -0.228. The van der Waals surface area contributed by atoms with E-state index in [1.165, 1.54) is 0 Å². The molecule has 6 N–H and O–H groups in total. The second-order valence-corrected chi connectivity index (χ2v) is 22.8. The second-order valence-electron chi connectivity index (χ2n) is 22.8. The highest BCUT2D eigenvalue weighted by Gasteiger charge is 2.62. The predicted molar refractivity (Wildman–Crippen MR) is 271 cm³/mol. The molecule has 3 aromatic carbocycles. The Kier molecular flexibility index (Phi) is 14.8. The van der Waals surface area contributed by atoms with E-state index in [4.69, 9.17) is 14.2 Å². The van der Waals surface area contributed by atoms with E-state index >= 15 is 4.79 Å². The number of nitrogens with one attached hydrogen (secondary N) is 1. The molecule has 0 radical (unpaired) electrons. The Morgan fingerprint density at radius 3 is 2.43 bits per heavy atom. The van der Waals surface area contributed by atoms with Gasteiger partial charge >= 0.3 is 11.9 Å². The van der Waals surface area contributed by atoms with Gasteiger partial charge in [0.1, 0.15) is 29.0 Å². The highest BCUT2D eigenvalue weighted by atomic mass is 16.6. The molecule has 10 bridgehead atoms. The first kappa shape index (κ1) is 50.5. The lowest BCUT2D eigenvalue weighted by Gasteiger charge is -2.59. The molecule has 0 spiro atoms.